The molecule has 1 unspecified atom stereocenters. The molecule has 1 aliphatic heterocycles. The predicted octanol–water partition coefficient (Wildman–Crippen LogP) is 1.26. The highest BCUT2D eigenvalue weighted by Crippen LogP contribution is 2.39. The largest absolute Gasteiger partial charge is 0.348 e. The van der Waals surface area contributed by atoms with Crippen molar-refractivity contribution < 1.29 is 18.0 Å². The number of nitrogens with zero attached hydrogens (tertiary/aromatic N) is 2. The number of carbonyl (C=O) groups excluding carboxylic acids is 2. The minimum Gasteiger partial charge on any atom is -0.348 e. The zero-order chi connectivity index (χ0) is 18.3. The molecule has 0 aromatic carbocycles. The van der Waals surface area contributed by atoms with Crippen LogP contribution in [-0.2, 0) is 22.7 Å². The molecule has 11 heteroatoms. The Labute approximate surface area is 158 Å². The van der Waals surface area contributed by atoms with Crippen LogP contribution in [0.2, 0.25) is 0 Å². The Morgan fingerprint density at radius 2 is 2.08 bits per heavy atom. The summed E-state index contributed by atoms with van der Waals surface area (Å²) in [5, 5.41) is 11.4. The van der Waals surface area contributed by atoms with Gasteiger partial charge in [-0.15, -0.1) is 16.4 Å². The number of aryl methyl sites for hydroxylation is 1. The molecule has 1 aliphatic carbocycles. The Balaban J connectivity index is 1.58. The molecule has 2 aromatic heterocycles. The van der Waals surface area contributed by atoms with Crippen molar-refractivity contribution in [2.75, 3.05) is 16.8 Å². The average molecular weight is 413 g/mol. The van der Waals surface area contributed by atoms with Crippen LogP contribution in [-0.4, -0.2) is 47.4 Å². The second kappa shape index (κ2) is 6.71. The van der Waals surface area contributed by atoms with E-state index in [9.17, 15) is 18.0 Å². The molecular formula is C15H16N4O4S3. The van der Waals surface area contributed by atoms with Gasteiger partial charge in [0.05, 0.1) is 17.1 Å². The fourth-order valence-corrected chi connectivity index (χ4v) is 6.72. The standard InChI is InChI=1S/C15H16N4O4S3/c20-13(10-6-24-19-18-10)17-15-12(9-2-1-3-11(9)25-15)14(21)16-8-4-5-26(22,23)7-8/h6,8H,1-5,7H2,(H,16,21)(H,17,20). The van der Waals surface area contributed by atoms with E-state index in [1.807, 2.05) is 0 Å². The number of rotatable bonds is 4. The molecule has 0 saturated carbocycles. The smallest absolute Gasteiger partial charge is 0.277 e. The van der Waals surface area contributed by atoms with E-state index >= 15 is 0 Å². The Morgan fingerprint density at radius 1 is 1.23 bits per heavy atom. The van der Waals surface area contributed by atoms with Crippen LogP contribution in [0.15, 0.2) is 5.38 Å². The maximum atomic E-state index is 12.8. The summed E-state index contributed by atoms with van der Waals surface area (Å²) in [5.74, 6) is -0.661. The Kier molecular flexibility index (Phi) is 4.53. The normalized spacial score (nSPS) is 20.7. The van der Waals surface area contributed by atoms with Gasteiger partial charge in [0, 0.05) is 16.3 Å². The van der Waals surface area contributed by atoms with E-state index in [1.165, 1.54) is 11.3 Å². The van der Waals surface area contributed by atoms with Gasteiger partial charge in [0.15, 0.2) is 15.5 Å². The third kappa shape index (κ3) is 3.38. The zero-order valence-corrected chi connectivity index (χ0v) is 16.1. The number of anilines is 1. The van der Waals surface area contributed by atoms with Gasteiger partial charge in [0.25, 0.3) is 11.8 Å². The molecule has 0 bridgehead atoms. The van der Waals surface area contributed by atoms with Crippen molar-refractivity contribution in [1.29, 1.82) is 0 Å². The van der Waals surface area contributed by atoms with E-state index in [4.69, 9.17) is 0 Å². The van der Waals surface area contributed by atoms with Gasteiger partial charge in [-0.25, -0.2) is 8.42 Å². The maximum absolute atomic E-state index is 12.8. The van der Waals surface area contributed by atoms with Crippen molar-refractivity contribution in [3.8, 4) is 0 Å². The van der Waals surface area contributed by atoms with Crippen molar-refractivity contribution in [3.63, 3.8) is 0 Å². The van der Waals surface area contributed by atoms with E-state index in [0.717, 1.165) is 41.2 Å². The number of hydrogen-bond donors (Lipinski definition) is 2. The molecule has 1 atom stereocenters. The maximum Gasteiger partial charge on any atom is 0.277 e. The number of fused-ring (bicyclic) bond motifs is 1. The number of sulfone groups is 1. The first-order valence-electron chi connectivity index (χ1n) is 8.17. The lowest BCUT2D eigenvalue weighted by Crippen LogP contribution is -2.36. The van der Waals surface area contributed by atoms with Crippen molar-refractivity contribution >= 4 is 49.5 Å². The van der Waals surface area contributed by atoms with E-state index < -0.39 is 15.7 Å². The second-order valence-corrected chi connectivity index (χ2v) is 10.3. The number of carbonyl (C=O) groups is 2. The Bertz CT molecular complexity index is 965. The van der Waals surface area contributed by atoms with Gasteiger partial charge >= 0.3 is 0 Å². The summed E-state index contributed by atoms with van der Waals surface area (Å²) in [4.78, 5) is 26.2. The van der Waals surface area contributed by atoms with Crippen LogP contribution in [0.4, 0.5) is 5.00 Å². The predicted molar refractivity (Wildman–Crippen MR) is 98.7 cm³/mol. The van der Waals surface area contributed by atoms with Gasteiger partial charge in [-0.1, -0.05) is 4.49 Å². The first kappa shape index (κ1) is 17.6. The van der Waals surface area contributed by atoms with Crippen LogP contribution < -0.4 is 10.6 Å². The third-order valence-electron chi connectivity index (χ3n) is 4.54. The highest BCUT2D eigenvalue weighted by Gasteiger charge is 2.32. The molecule has 3 heterocycles. The summed E-state index contributed by atoms with van der Waals surface area (Å²) >= 11 is 2.48. The lowest BCUT2D eigenvalue weighted by Gasteiger charge is -2.13. The molecule has 8 nitrogen and oxygen atoms in total. The molecule has 2 aliphatic rings. The third-order valence-corrected chi connectivity index (χ3v) is 8.02. The number of amides is 2. The number of thiophene rings is 1. The topological polar surface area (TPSA) is 118 Å². The lowest BCUT2D eigenvalue weighted by atomic mass is 10.1. The van der Waals surface area contributed by atoms with E-state index in [2.05, 4.69) is 20.2 Å². The highest BCUT2D eigenvalue weighted by molar-refractivity contribution is 7.91. The lowest BCUT2D eigenvalue weighted by molar-refractivity contribution is 0.0941. The van der Waals surface area contributed by atoms with Crippen LogP contribution >= 0.6 is 22.9 Å². The van der Waals surface area contributed by atoms with E-state index in [1.54, 1.807) is 5.38 Å². The van der Waals surface area contributed by atoms with Crippen LogP contribution in [0, 0.1) is 0 Å². The molecule has 2 amide bonds. The summed E-state index contributed by atoms with van der Waals surface area (Å²) < 4.78 is 26.9. The van der Waals surface area contributed by atoms with Crippen molar-refractivity contribution in [3.05, 3.63) is 27.1 Å². The van der Waals surface area contributed by atoms with Gasteiger partial charge in [0.1, 0.15) is 5.00 Å². The van der Waals surface area contributed by atoms with Crippen LogP contribution in [0.3, 0.4) is 0 Å². The van der Waals surface area contributed by atoms with Crippen LogP contribution in [0.25, 0.3) is 0 Å². The van der Waals surface area contributed by atoms with Gasteiger partial charge in [-0.05, 0) is 42.8 Å². The monoisotopic (exact) mass is 412 g/mol. The van der Waals surface area contributed by atoms with Gasteiger partial charge in [0.2, 0.25) is 0 Å². The van der Waals surface area contributed by atoms with Gasteiger partial charge in [-0.3, -0.25) is 9.59 Å². The summed E-state index contributed by atoms with van der Waals surface area (Å²) in [6.45, 7) is 0. The molecule has 4 rings (SSSR count). The fourth-order valence-electron chi connectivity index (χ4n) is 3.33. The first-order valence-corrected chi connectivity index (χ1v) is 11.6. The highest BCUT2D eigenvalue weighted by atomic mass is 32.2. The molecular weight excluding hydrogens is 396 g/mol. The minimum atomic E-state index is -3.08. The quantitative estimate of drug-likeness (QED) is 0.780. The minimum absolute atomic E-state index is 0.0305. The molecule has 0 radical (unpaired) electrons. The van der Waals surface area contributed by atoms with Crippen LogP contribution in [0.1, 0.15) is 44.1 Å². The van der Waals surface area contributed by atoms with Crippen molar-refractivity contribution in [2.45, 2.75) is 31.7 Å². The summed E-state index contributed by atoms with van der Waals surface area (Å²) in [6.07, 6.45) is 3.06. The molecule has 138 valence electrons. The average Bonchev–Trinajstić information content (AvgIpc) is 3.31. The zero-order valence-electron chi connectivity index (χ0n) is 13.6. The fraction of sp³-hybridized carbons (Fsp3) is 0.467. The van der Waals surface area contributed by atoms with E-state index in [0.29, 0.717) is 17.0 Å². The molecule has 2 aromatic rings. The number of hydrogen-bond acceptors (Lipinski definition) is 8. The molecule has 2 N–H and O–H groups in total. The van der Waals surface area contributed by atoms with Crippen molar-refractivity contribution in [2.24, 2.45) is 0 Å². The van der Waals surface area contributed by atoms with E-state index in [-0.39, 0.29) is 29.1 Å². The summed E-state index contributed by atoms with van der Waals surface area (Å²) in [6, 6.07) is -0.379. The SMILES string of the molecule is O=C(Nc1sc2c(c1C(=O)NC1CCS(=O)(=O)C1)CCC2)c1csnn1. The Hall–Kier alpha value is -1.85. The summed E-state index contributed by atoms with van der Waals surface area (Å²) in [7, 11) is -3.08. The second-order valence-electron chi connectivity index (χ2n) is 6.38. The van der Waals surface area contributed by atoms with Crippen molar-refractivity contribution in [1.82, 2.24) is 14.9 Å². The first-order chi connectivity index (χ1) is 12.4. The molecule has 26 heavy (non-hydrogen) atoms. The van der Waals surface area contributed by atoms with Gasteiger partial charge < -0.3 is 10.6 Å². The number of aromatic nitrogens is 2. The molecule has 1 fully saturated rings. The van der Waals surface area contributed by atoms with Gasteiger partial charge in [-0.2, -0.15) is 0 Å². The molecule has 1 saturated heterocycles. The number of nitrogens with one attached hydrogen (secondary N) is 2. The Morgan fingerprint density at radius 3 is 2.77 bits per heavy atom. The van der Waals surface area contributed by atoms with Crippen LogP contribution in [0.5, 0.6) is 0 Å². The summed E-state index contributed by atoms with van der Waals surface area (Å²) in [5.41, 5.74) is 1.63. The molecule has 0 spiro atoms.